The van der Waals surface area contributed by atoms with Crippen molar-refractivity contribution in [1.29, 1.82) is 0 Å². The largest absolute Gasteiger partial charge is 0.462 e. The number of carbonyl (C=O) groups is 3. The van der Waals surface area contributed by atoms with Crippen LogP contribution in [0.5, 0.6) is 0 Å². The average Bonchev–Trinajstić information content (AvgIpc) is 3.26. The van der Waals surface area contributed by atoms with Crippen LogP contribution in [0.25, 0.3) is 4.96 Å². The molecule has 0 atom stereocenters. The van der Waals surface area contributed by atoms with Gasteiger partial charge in [-0.15, -0.1) is 0 Å². The van der Waals surface area contributed by atoms with Crippen LogP contribution in [0.2, 0.25) is 0 Å². The molecule has 0 aliphatic heterocycles. The maximum absolute atomic E-state index is 13.4. The summed E-state index contributed by atoms with van der Waals surface area (Å²) in [5.74, 6) is -1.64. The van der Waals surface area contributed by atoms with Gasteiger partial charge >= 0.3 is 5.97 Å². The Morgan fingerprint density at radius 1 is 1.00 bits per heavy atom. The third-order valence-corrected chi connectivity index (χ3v) is 6.78. The summed E-state index contributed by atoms with van der Waals surface area (Å²) in [6.07, 6.45) is 0.710. The van der Waals surface area contributed by atoms with E-state index in [1.807, 2.05) is 32.9 Å². The number of hydrogen-bond acceptors (Lipinski definition) is 7. The van der Waals surface area contributed by atoms with E-state index in [-0.39, 0.29) is 15.5 Å². The molecule has 0 unspecified atom stereocenters. The highest BCUT2D eigenvalue weighted by Crippen LogP contribution is 2.25. The van der Waals surface area contributed by atoms with Crippen LogP contribution in [0.4, 0.5) is 11.4 Å². The van der Waals surface area contributed by atoms with Crippen molar-refractivity contribution in [2.45, 2.75) is 34.1 Å². The number of esters is 1. The molecule has 0 saturated carbocycles. The number of nitrogens with one attached hydrogen (secondary N) is 2. The fraction of sp³-hybridized carbons (Fsp3) is 0.222. The first-order valence-electron chi connectivity index (χ1n) is 11.7. The third kappa shape index (κ3) is 5.44. The van der Waals surface area contributed by atoms with E-state index in [1.54, 1.807) is 25.1 Å². The van der Waals surface area contributed by atoms with E-state index >= 15 is 0 Å². The summed E-state index contributed by atoms with van der Waals surface area (Å²) < 4.78 is 6.26. The van der Waals surface area contributed by atoms with Gasteiger partial charge in [0.05, 0.1) is 12.2 Å². The van der Waals surface area contributed by atoms with Crippen LogP contribution >= 0.6 is 11.3 Å². The van der Waals surface area contributed by atoms with Gasteiger partial charge in [0.15, 0.2) is 4.96 Å². The van der Waals surface area contributed by atoms with Gasteiger partial charge in [-0.2, -0.15) is 0 Å². The van der Waals surface area contributed by atoms with Gasteiger partial charge in [0, 0.05) is 23.1 Å². The van der Waals surface area contributed by atoms with Gasteiger partial charge in [-0.05, 0) is 68.7 Å². The second-order valence-corrected chi connectivity index (χ2v) is 9.48. The first-order valence-corrected chi connectivity index (χ1v) is 12.5. The second-order valence-electron chi connectivity index (χ2n) is 8.50. The van der Waals surface area contributed by atoms with Crippen LogP contribution in [0.15, 0.2) is 53.3 Å². The zero-order chi connectivity index (χ0) is 26.7. The van der Waals surface area contributed by atoms with Crippen LogP contribution in [0.3, 0.4) is 0 Å². The van der Waals surface area contributed by atoms with Gasteiger partial charge < -0.3 is 15.4 Å². The molecular formula is C27H26N4O5S. The fourth-order valence-electron chi connectivity index (χ4n) is 3.67. The minimum Gasteiger partial charge on any atom is -0.462 e. The van der Waals surface area contributed by atoms with Gasteiger partial charge in [0.25, 0.3) is 17.4 Å². The zero-order valence-corrected chi connectivity index (χ0v) is 21.7. The predicted molar refractivity (Wildman–Crippen MR) is 143 cm³/mol. The Labute approximate surface area is 217 Å². The minimum atomic E-state index is -0.661. The molecular weight excluding hydrogens is 492 g/mol. The maximum Gasteiger partial charge on any atom is 0.338 e. The summed E-state index contributed by atoms with van der Waals surface area (Å²) >= 11 is 0.960. The normalized spacial score (nSPS) is 10.8. The molecule has 4 rings (SSSR count). The molecule has 0 radical (unpaired) electrons. The molecule has 0 spiro atoms. The molecule has 2 N–H and O–H groups in total. The maximum atomic E-state index is 13.4. The molecule has 9 nitrogen and oxygen atoms in total. The highest BCUT2D eigenvalue weighted by molar-refractivity contribution is 7.19. The van der Waals surface area contributed by atoms with E-state index in [0.717, 1.165) is 26.9 Å². The summed E-state index contributed by atoms with van der Waals surface area (Å²) in [6.45, 7) is 7.71. The molecule has 2 amide bonds. The molecule has 2 aromatic heterocycles. The van der Waals surface area contributed by atoms with Crippen LogP contribution in [0, 0.1) is 20.8 Å². The first-order chi connectivity index (χ1) is 17.7. The van der Waals surface area contributed by atoms with Gasteiger partial charge in [-0.3, -0.25) is 14.4 Å². The van der Waals surface area contributed by atoms with Crippen LogP contribution in [-0.4, -0.2) is 33.8 Å². The van der Waals surface area contributed by atoms with Gasteiger partial charge in [0.1, 0.15) is 10.6 Å². The van der Waals surface area contributed by atoms with E-state index in [0.29, 0.717) is 35.7 Å². The number of aromatic nitrogens is 2. The first kappa shape index (κ1) is 25.8. The Kier molecular flexibility index (Phi) is 7.49. The fourth-order valence-corrected chi connectivity index (χ4v) is 4.74. The molecule has 2 heterocycles. The highest BCUT2D eigenvalue weighted by atomic mass is 32.1. The zero-order valence-electron chi connectivity index (χ0n) is 20.9. The lowest BCUT2D eigenvalue weighted by molar-refractivity contribution is 0.0505. The Bertz CT molecular complexity index is 1570. The molecule has 2 aromatic carbocycles. The van der Waals surface area contributed by atoms with Crippen molar-refractivity contribution in [2.75, 3.05) is 17.2 Å². The number of nitrogens with zero attached hydrogens (tertiary/aromatic N) is 2. The standard InChI is InChI=1S/C27H26N4O5S/c1-5-13-36-26(35)18-9-11-19(12-10-18)29-24(33)22-23(37-27-28-16(3)14-21(32)31(22)27)25(34)30-20-8-6-7-15(2)17(20)4/h6-12,14H,5,13H2,1-4H3,(H,29,33)(H,30,34). The van der Waals surface area contributed by atoms with Gasteiger partial charge in [-0.25, -0.2) is 14.2 Å². The lowest BCUT2D eigenvalue weighted by Crippen LogP contribution is -2.25. The molecule has 0 aliphatic carbocycles. The minimum absolute atomic E-state index is 0.0494. The number of amides is 2. The molecule has 4 aromatic rings. The summed E-state index contributed by atoms with van der Waals surface area (Å²) in [4.78, 5) is 56.3. The molecule has 10 heteroatoms. The van der Waals surface area contributed by atoms with E-state index in [4.69, 9.17) is 4.74 Å². The van der Waals surface area contributed by atoms with Crippen molar-refractivity contribution in [2.24, 2.45) is 0 Å². The van der Waals surface area contributed by atoms with Gasteiger partial charge in [0.2, 0.25) is 0 Å². The Morgan fingerprint density at radius 3 is 2.43 bits per heavy atom. The van der Waals surface area contributed by atoms with Crippen molar-refractivity contribution in [3.63, 3.8) is 0 Å². The van der Waals surface area contributed by atoms with E-state index in [9.17, 15) is 19.2 Å². The quantitative estimate of drug-likeness (QED) is 0.341. The van der Waals surface area contributed by atoms with Crippen LogP contribution in [0.1, 0.15) is 60.7 Å². The van der Waals surface area contributed by atoms with Crippen LogP contribution < -0.4 is 16.2 Å². The number of aryl methyl sites for hydroxylation is 2. The molecule has 0 fully saturated rings. The summed E-state index contributed by atoms with van der Waals surface area (Å²) in [6, 6.07) is 13.0. The summed E-state index contributed by atoms with van der Waals surface area (Å²) in [5, 5.41) is 5.57. The third-order valence-electron chi connectivity index (χ3n) is 5.74. The average molecular weight is 519 g/mol. The van der Waals surface area contributed by atoms with Crippen molar-refractivity contribution in [3.8, 4) is 0 Å². The molecule has 37 heavy (non-hydrogen) atoms. The number of ether oxygens (including phenoxy) is 1. The number of thiazole rings is 1. The van der Waals surface area contributed by atoms with Crippen LogP contribution in [-0.2, 0) is 4.74 Å². The molecule has 190 valence electrons. The van der Waals surface area contributed by atoms with Gasteiger partial charge in [-0.1, -0.05) is 30.4 Å². The van der Waals surface area contributed by atoms with E-state index < -0.39 is 23.3 Å². The smallest absolute Gasteiger partial charge is 0.338 e. The van der Waals surface area contributed by atoms with Crippen molar-refractivity contribution in [1.82, 2.24) is 9.38 Å². The Morgan fingerprint density at radius 2 is 1.73 bits per heavy atom. The number of carbonyl (C=O) groups excluding carboxylic acids is 3. The second kappa shape index (κ2) is 10.8. The monoisotopic (exact) mass is 518 g/mol. The predicted octanol–water partition coefficient (Wildman–Crippen LogP) is 4.75. The van der Waals surface area contributed by atoms with E-state index in [2.05, 4.69) is 15.6 Å². The number of benzene rings is 2. The van der Waals surface area contributed by atoms with Crippen molar-refractivity contribution < 1.29 is 19.1 Å². The number of hydrogen-bond donors (Lipinski definition) is 2. The van der Waals surface area contributed by atoms with Crippen molar-refractivity contribution in [3.05, 3.63) is 91.8 Å². The van der Waals surface area contributed by atoms with E-state index in [1.165, 1.54) is 18.2 Å². The topological polar surface area (TPSA) is 119 Å². The van der Waals surface area contributed by atoms with Crippen molar-refractivity contribution >= 4 is 45.5 Å². The molecule has 0 bridgehead atoms. The Balaban J connectivity index is 1.69. The summed E-state index contributed by atoms with van der Waals surface area (Å²) in [5.41, 5.74) is 3.12. The number of anilines is 2. The Hall–Kier alpha value is -4.31. The highest BCUT2D eigenvalue weighted by Gasteiger charge is 2.26. The number of rotatable bonds is 7. The SMILES string of the molecule is CCCOC(=O)c1ccc(NC(=O)c2c(C(=O)Nc3cccc(C)c3C)sc3nc(C)cc(=O)n23)cc1. The number of fused-ring (bicyclic) bond motifs is 1. The lowest BCUT2D eigenvalue weighted by Gasteiger charge is -2.11. The summed E-state index contributed by atoms with van der Waals surface area (Å²) in [7, 11) is 0. The lowest BCUT2D eigenvalue weighted by atomic mass is 10.1. The molecule has 0 aliphatic rings. The molecule has 0 saturated heterocycles.